The van der Waals surface area contributed by atoms with Gasteiger partial charge in [-0.1, -0.05) is 17.8 Å². The van der Waals surface area contributed by atoms with E-state index in [1.54, 1.807) is 23.1 Å². The van der Waals surface area contributed by atoms with Gasteiger partial charge in [-0.2, -0.15) is 0 Å². The standard InChI is InChI=1S/C14H19N3O2S2/c1-3-17-13(11-7-5-9-20-11)15-16-14(17)21-10-6-8-12(18)19-4-2/h5,7,9H,3-4,6,8,10H2,1-2H3. The average Bonchev–Trinajstić information content (AvgIpc) is 3.12. The molecule has 2 aromatic heterocycles. The molecule has 0 aliphatic carbocycles. The lowest BCUT2D eigenvalue weighted by atomic mass is 10.3. The Bertz CT molecular complexity index is 567. The minimum Gasteiger partial charge on any atom is -0.466 e. The van der Waals surface area contributed by atoms with Gasteiger partial charge in [0.15, 0.2) is 11.0 Å². The van der Waals surface area contributed by atoms with Gasteiger partial charge in [-0.05, 0) is 31.7 Å². The number of aromatic nitrogens is 3. The van der Waals surface area contributed by atoms with Crippen LogP contribution in [0.15, 0.2) is 22.7 Å². The molecule has 2 heterocycles. The number of hydrogen-bond acceptors (Lipinski definition) is 6. The largest absolute Gasteiger partial charge is 0.466 e. The molecule has 0 aliphatic heterocycles. The number of carbonyl (C=O) groups excluding carboxylic acids is 1. The first-order chi connectivity index (χ1) is 10.3. The molecule has 0 saturated carbocycles. The van der Waals surface area contributed by atoms with Gasteiger partial charge in [-0.15, -0.1) is 21.5 Å². The molecule has 0 radical (unpaired) electrons. The molecular formula is C14H19N3O2S2. The Labute approximate surface area is 132 Å². The van der Waals surface area contributed by atoms with Crippen molar-refractivity contribution in [3.05, 3.63) is 17.5 Å². The van der Waals surface area contributed by atoms with E-state index in [1.165, 1.54) is 0 Å². The lowest BCUT2D eigenvalue weighted by Crippen LogP contribution is -2.04. The van der Waals surface area contributed by atoms with Crippen molar-refractivity contribution in [1.82, 2.24) is 14.8 Å². The second-order valence-electron chi connectivity index (χ2n) is 4.28. The van der Waals surface area contributed by atoms with Crippen molar-refractivity contribution in [3.8, 4) is 10.7 Å². The van der Waals surface area contributed by atoms with E-state index < -0.39 is 0 Å². The van der Waals surface area contributed by atoms with Crippen LogP contribution in [0.2, 0.25) is 0 Å². The molecule has 2 rings (SSSR count). The van der Waals surface area contributed by atoms with Crippen molar-refractivity contribution in [2.45, 2.75) is 38.4 Å². The lowest BCUT2D eigenvalue weighted by Gasteiger charge is -2.06. The van der Waals surface area contributed by atoms with Crippen LogP contribution in [0.25, 0.3) is 10.7 Å². The van der Waals surface area contributed by atoms with Crippen molar-refractivity contribution in [2.75, 3.05) is 12.4 Å². The summed E-state index contributed by atoms with van der Waals surface area (Å²) in [7, 11) is 0. The number of thioether (sulfide) groups is 1. The van der Waals surface area contributed by atoms with Crippen LogP contribution in [0.3, 0.4) is 0 Å². The normalized spacial score (nSPS) is 10.8. The number of nitrogens with zero attached hydrogens (tertiary/aromatic N) is 3. The minimum absolute atomic E-state index is 0.130. The Hall–Kier alpha value is -1.34. The molecule has 0 bridgehead atoms. The first-order valence-electron chi connectivity index (χ1n) is 7.01. The van der Waals surface area contributed by atoms with Crippen LogP contribution in [0.4, 0.5) is 0 Å². The third kappa shape index (κ3) is 4.31. The highest BCUT2D eigenvalue weighted by atomic mass is 32.2. The quantitative estimate of drug-likeness (QED) is 0.422. The van der Waals surface area contributed by atoms with E-state index in [2.05, 4.69) is 27.8 Å². The Balaban J connectivity index is 1.91. The number of thiophene rings is 1. The number of esters is 1. The van der Waals surface area contributed by atoms with E-state index in [4.69, 9.17) is 4.74 Å². The fourth-order valence-corrected chi connectivity index (χ4v) is 3.54. The van der Waals surface area contributed by atoms with Gasteiger partial charge < -0.3 is 9.30 Å². The molecule has 0 fully saturated rings. The molecule has 0 spiro atoms. The summed E-state index contributed by atoms with van der Waals surface area (Å²) in [6, 6.07) is 4.07. The highest BCUT2D eigenvalue weighted by Gasteiger charge is 2.13. The van der Waals surface area contributed by atoms with Gasteiger partial charge in [-0.25, -0.2) is 0 Å². The van der Waals surface area contributed by atoms with Crippen molar-refractivity contribution >= 4 is 29.1 Å². The van der Waals surface area contributed by atoms with Crippen LogP contribution in [0, 0.1) is 0 Å². The van der Waals surface area contributed by atoms with Crippen molar-refractivity contribution in [3.63, 3.8) is 0 Å². The van der Waals surface area contributed by atoms with E-state index in [-0.39, 0.29) is 5.97 Å². The van der Waals surface area contributed by atoms with Crippen LogP contribution in [0.5, 0.6) is 0 Å². The Kier molecular flexibility index (Phi) is 6.25. The summed E-state index contributed by atoms with van der Waals surface area (Å²) in [5.41, 5.74) is 0. The summed E-state index contributed by atoms with van der Waals surface area (Å²) in [5, 5.41) is 11.5. The Morgan fingerprint density at radius 3 is 2.95 bits per heavy atom. The average molecular weight is 325 g/mol. The molecule has 0 amide bonds. The third-order valence-corrected chi connectivity index (χ3v) is 4.76. The van der Waals surface area contributed by atoms with E-state index in [0.717, 1.165) is 34.6 Å². The van der Waals surface area contributed by atoms with Gasteiger partial charge in [0, 0.05) is 18.7 Å². The molecule has 0 N–H and O–H groups in total. The van der Waals surface area contributed by atoms with Gasteiger partial charge in [-0.3, -0.25) is 4.79 Å². The molecule has 2 aromatic rings. The Morgan fingerprint density at radius 1 is 1.43 bits per heavy atom. The maximum absolute atomic E-state index is 11.3. The molecule has 0 aliphatic rings. The highest BCUT2D eigenvalue weighted by Crippen LogP contribution is 2.27. The Morgan fingerprint density at radius 2 is 2.29 bits per heavy atom. The number of ether oxygens (including phenoxy) is 1. The third-order valence-electron chi connectivity index (χ3n) is 2.84. The predicted octanol–water partition coefficient (Wildman–Crippen LogP) is 3.46. The van der Waals surface area contributed by atoms with E-state index in [9.17, 15) is 4.79 Å². The zero-order chi connectivity index (χ0) is 15.1. The summed E-state index contributed by atoms with van der Waals surface area (Å²) >= 11 is 3.30. The molecular weight excluding hydrogens is 306 g/mol. The van der Waals surface area contributed by atoms with E-state index >= 15 is 0 Å². The summed E-state index contributed by atoms with van der Waals surface area (Å²) < 4.78 is 7.02. The maximum Gasteiger partial charge on any atom is 0.305 e. The molecule has 0 unspecified atom stereocenters. The second-order valence-corrected chi connectivity index (χ2v) is 6.29. The maximum atomic E-state index is 11.3. The van der Waals surface area contributed by atoms with Gasteiger partial charge in [0.2, 0.25) is 0 Å². The summed E-state index contributed by atoms with van der Waals surface area (Å²) in [6.45, 7) is 5.19. The fraction of sp³-hybridized carbons (Fsp3) is 0.500. The topological polar surface area (TPSA) is 57.0 Å². The zero-order valence-corrected chi connectivity index (χ0v) is 13.9. The first kappa shape index (κ1) is 16.0. The van der Waals surface area contributed by atoms with Gasteiger partial charge >= 0.3 is 5.97 Å². The van der Waals surface area contributed by atoms with Crippen LogP contribution in [-0.4, -0.2) is 33.1 Å². The van der Waals surface area contributed by atoms with Crippen LogP contribution in [0.1, 0.15) is 26.7 Å². The predicted molar refractivity (Wildman–Crippen MR) is 85.6 cm³/mol. The minimum atomic E-state index is -0.130. The smallest absolute Gasteiger partial charge is 0.305 e. The number of rotatable bonds is 8. The molecule has 0 saturated heterocycles. The van der Waals surface area contributed by atoms with Crippen molar-refractivity contribution < 1.29 is 9.53 Å². The zero-order valence-electron chi connectivity index (χ0n) is 12.2. The van der Waals surface area contributed by atoms with Gasteiger partial charge in [0.25, 0.3) is 0 Å². The van der Waals surface area contributed by atoms with Crippen LogP contribution in [-0.2, 0) is 16.1 Å². The van der Waals surface area contributed by atoms with Crippen LogP contribution >= 0.6 is 23.1 Å². The fourth-order valence-electron chi connectivity index (χ4n) is 1.88. The molecule has 0 aromatic carbocycles. The summed E-state index contributed by atoms with van der Waals surface area (Å²) in [5.74, 6) is 1.62. The second kappa shape index (κ2) is 8.19. The van der Waals surface area contributed by atoms with Gasteiger partial charge in [0.05, 0.1) is 11.5 Å². The molecule has 7 heteroatoms. The number of hydrogen-bond donors (Lipinski definition) is 0. The summed E-state index contributed by atoms with van der Waals surface area (Å²) in [6.07, 6.45) is 1.24. The van der Waals surface area contributed by atoms with E-state index in [0.29, 0.717) is 13.0 Å². The monoisotopic (exact) mass is 325 g/mol. The van der Waals surface area contributed by atoms with Crippen LogP contribution < -0.4 is 0 Å². The van der Waals surface area contributed by atoms with Gasteiger partial charge in [0.1, 0.15) is 0 Å². The summed E-state index contributed by atoms with van der Waals surface area (Å²) in [4.78, 5) is 12.4. The highest BCUT2D eigenvalue weighted by molar-refractivity contribution is 7.99. The van der Waals surface area contributed by atoms with Crippen molar-refractivity contribution in [2.24, 2.45) is 0 Å². The molecule has 21 heavy (non-hydrogen) atoms. The molecule has 5 nitrogen and oxygen atoms in total. The lowest BCUT2D eigenvalue weighted by molar-refractivity contribution is -0.143. The number of carbonyl (C=O) groups is 1. The van der Waals surface area contributed by atoms with Crippen molar-refractivity contribution in [1.29, 1.82) is 0 Å². The molecule has 114 valence electrons. The molecule has 0 atom stereocenters. The SMILES string of the molecule is CCOC(=O)CCCSc1nnc(-c2cccs2)n1CC. The van der Waals surface area contributed by atoms with E-state index in [1.807, 2.05) is 18.4 Å². The first-order valence-corrected chi connectivity index (χ1v) is 8.88.